The summed E-state index contributed by atoms with van der Waals surface area (Å²) < 4.78 is 0. The zero-order valence-electron chi connectivity index (χ0n) is 11.8. The summed E-state index contributed by atoms with van der Waals surface area (Å²) in [5, 5.41) is 0.543. The molecule has 2 nitrogen and oxygen atoms in total. The fourth-order valence-electron chi connectivity index (χ4n) is 2.95. The van der Waals surface area contributed by atoms with E-state index in [0.29, 0.717) is 23.0 Å². The largest absolute Gasteiger partial charge is 0.295 e. The summed E-state index contributed by atoms with van der Waals surface area (Å²) in [6.45, 7) is 2.36. The standard InChI is InChI=1S/C18H18ClNO/c19-17-9-5-4-8-16(17)18(21)13-20-11-10-15(12-20)14-6-2-1-3-7-14/h1-9,15H,10-13H2. The Morgan fingerprint density at radius 2 is 1.81 bits per heavy atom. The number of hydrogen-bond donors (Lipinski definition) is 0. The van der Waals surface area contributed by atoms with Gasteiger partial charge in [0.05, 0.1) is 11.6 Å². The van der Waals surface area contributed by atoms with Crippen LogP contribution >= 0.6 is 11.6 Å². The van der Waals surface area contributed by atoms with Gasteiger partial charge in [-0.15, -0.1) is 0 Å². The minimum Gasteiger partial charge on any atom is -0.295 e. The van der Waals surface area contributed by atoms with Crippen molar-refractivity contribution in [3.63, 3.8) is 0 Å². The molecule has 108 valence electrons. The van der Waals surface area contributed by atoms with Gasteiger partial charge in [0.15, 0.2) is 5.78 Å². The second-order valence-corrected chi connectivity index (χ2v) is 5.94. The zero-order valence-corrected chi connectivity index (χ0v) is 12.6. The van der Waals surface area contributed by atoms with Crippen molar-refractivity contribution in [1.82, 2.24) is 4.90 Å². The summed E-state index contributed by atoms with van der Waals surface area (Å²) in [7, 11) is 0. The van der Waals surface area contributed by atoms with Gasteiger partial charge in [-0.05, 0) is 36.6 Å². The predicted molar refractivity (Wildman–Crippen MR) is 86.0 cm³/mol. The monoisotopic (exact) mass is 299 g/mol. The average molecular weight is 300 g/mol. The molecule has 0 amide bonds. The second kappa shape index (κ2) is 6.42. The molecule has 1 atom stereocenters. The lowest BCUT2D eigenvalue weighted by molar-refractivity contribution is 0.0945. The maximum atomic E-state index is 12.3. The Labute approximate surface area is 130 Å². The van der Waals surface area contributed by atoms with Crippen LogP contribution in [0.25, 0.3) is 0 Å². The van der Waals surface area contributed by atoms with Crippen LogP contribution in [0.5, 0.6) is 0 Å². The maximum absolute atomic E-state index is 12.3. The number of halogens is 1. The number of rotatable bonds is 4. The number of benzene rings is 2. The molecule has 0 N–H and O–H groups in total. The zero-order chi connectivity index (χ0) is 14.7. The number of likely N-dealkylation sites (tertiary alicyclic amines) is 1. The first kappa shape index (κ1) is 14.3. The second-order valence-electron chi connectivity index (χ2n) is 5.53. The van der Waals surface area contributed by atoms with E-state index in [9.17, 15) is 4.79 Å². The highest BCUT2D eigenvalue weighted by Crippen LogP contribution is 2.27. The molecule has 1 aliphatic rings. The lowest BCUT2D eigenvalue weighted by Gasteiger charge is -2.15. The molecule has 1 fully saturated rings. The van der Waals surface area contributed by atoms with Gasteiger partial charge in [0.25, 0.3) is 0 Å². The molecule has 1 unspecified atom stereocenters. The Bertz CT molecular complexity index is 626. The molecule has 3 heteroatoms. The molecule has 3 rings (SSSR count). The van der Waals surface area contributed by atoms with Gasteiger partial charge in [0.1, 0.15) is 0 Å². The Morgan fingerprint density at radius 3 is 2.57 bits per heavy atom. The van der Waals surface area contributed by atoms with E-state index in [1.165, 1.54) is 5.56 Å². The molecule has 2 aromatic carbocycles. The van der Waals surface area contributed by atoms with Crippen LogP contribution < -0.4 is 0 Å². The Kier molecular flexibility index (Phi) is 4.37. The normalized spacial score (nSPS) is 18.8. The van der Waals surface area contributed by atoms with E-state index < -0.39 is 0 Å². The van der Waals surface area contributed by atoms with Gasteiger partial charge in [-0.2, -0.15) is 0 Å². The molecule has 21 heavy (non-hydrogen) atoms. The highest BCUT2D eigenvalue weighted by Gasteiger charge is 2.25. The summed E-state index contributed by atoms with van der Waals surface area (Å²) >= 11 is 6.09. The van der Waals surface area contributed by atoms with Gasteiger partial charge >= 0.3 is 0 Å². The van der Waals surface area contributed by atoms with Crippen molar-refractivity contribution in [3.05, 3.63) is 70.7 Å². The van der Waals surface area contributed by atoms with Crippen molar-refractivity contribution in [2.24, 2.45) is 0 Å². The minimum atomic E-state index is 0.106. The third-order valence-electron chi connectivity index (χ3n) is 4.08. The molecule has 0 spiro atoms. The summed E-state index contributed by atoms with van der Waals surface area (Å²) in [5.41, 5.74) is 1.99. The minimum absolute atomic E-state index is 0.106. The van der Waals surface area contributed by atoms with Gasteiger partial charge in [-0.3, -0.25) is 9.69 Å². The van der Waals surface area contributed by atoms with Crippen molar-refractivity contribution in [3.8, 4) is 0 Å². The fraction of sp³-hybridized carbons (Fsp3) is 0.278. The van der Waals surface area contributed by atoms with Crippen LogP contribution in [0.4, 0.5) is 0 Å². The molecule has 1 heterocycles. The van der Waals surface area contributed by atoms with Gasteiger partial charge in [0.2, 0.25) is 0 Å². The van der Waals surface area contributed by atoms with Crippen LogP contribution in [0.15, 0.2) is 54.6 Å². The third kappa shape index (κ3) is 3.34. The van der Waals surface area contributed by atoms with Gasteiger partial charge in [-0.1, -0.05) is 54.1 Å². The van der Waals surface area contributed by atoms with Crippen molar-refractivity contribution in [2.75, 3.05) is 19.6 Å². The van der Waals surface area contributed by atoms with E-state index in [4.69, 9.17) is 11.6 Å². The number of nitrogens with zero attached hydrogens (tertiary/aromatic N) is 1. The molecule has 0 aliphatic carbocycles. The molecule has 0 radical (unpaired) electrons. The average Bonchev–Trinajstić information content (AvgIpc) is 2.97. The number of hydrogen-bond acceptors (Lipinski definition) is 2. The Hall–Kier alpha value is -1.64. The molecule has 0 saturated carbocycles. The number of ketones is 1. The first-order valence-corrected chi connectivity index (χ1v) is 7.67. The van der Waals surface area contributed by atoms with E-state index in [1.54, 1.807) is 12.1 Å². The molecular formula is C18H18ClNO. The first-order valence-electron chi connectivity index (χ1n) is 7.29. The van der Waals surface area contributed by atoms with E-state index in [2.05, 4.69) is 29.2 Å². The number of Topliss-reactive ketones (excluding diaryl/α,β-unsaturated/α-hetero) is 1. The summed E-state index contributed by atoms with van der Waals surface area (Å²) in [6, 6.07) is 17.8. The first-order chi connectivity index (χ1) is 10.2. The van der Waals surface area contributed by atoms with E-state index >= 15 is 0 Å². The molecular weight excluding hydrogens is 282 g/mol. The van der Waals surface area contributed by atoms with Crippen LogP contribution in [-0.4, -0.2) is 30.3 Å². The van der Waals surface area contributed by atoms with Gasteiger partial charge in [0, 0.05) is 12.1 Å². The van der Waals surface area contributed by atoms with Crippen molar-refractivity contribution in [2.45, 2.75) is 12.3 Å². The topological polar surface area (TPSA) is 20.3 Å². The predicted octanol–water partition coefficient (Wildman–Crippen LogP) is 4.01. The van der Waals surface area contributed by atoms with Crippen molar-refractivity contribution >= 4 is 17.4 Å². The van der Waals surface area contributed by atoms with Gasteiger partial charge in [-0.25, -0.2) is 0 Å². The van der Waals surface area contributed by atoms with Crippen LogP contribution in [0.1, 0.15) is 28.3 Å². The van der Waals surface area contributed by atoms with Crippen LogP contribution in [0.2, 0.25) is 5.02 Å². The quantitative estimate of drug-likeness (QED) is 0.795. The molecule has 1 aliphatic heterocycles. The highest BCUT2D eigenvalue weighted by atomic mass is 35.5. The molecule has 0 aromatic heterocycles. The van der Waals surface area contributed by atoms with E-state index in [1.807, 2.05) is 18.2 Å². The van der Waals surface area contributed by atoms with Crippen LogP contribution in [0, 0.1) is 0 Å². The molecule has 2 aromatic rings. The van der Waals surface area contributed by atoms with Crippen LogP contribution in [0.3, 0.4) is 0 Å². The smallest absolute Gasteiger partial charge is 0.178 e. The summed E-state index contributed by atoms with van der Waals surface area (Å²) in [4.78, 5) is 14.6. The molecule has 1 saturated heterocycles. The van der Waals surface area contributed by atoms with E-state index in [0.717, 1.165) is 19.5 Å². The Balaban J connectivity index is 1.63. The summed E-state index contributed by atoms with van der Waals surface area (Å²) in [6.07, 6.45) is 1.11. The molecule has 0 bridgehead atoms. The maximum Gasteiger partial charge on any atom is 0.178 e. The Morgan fingerprint density at radius 1 is 1.10 bits per heavy atom. The lowest BCUT2D eigenvalue weighted by Crippen LogP contribution is -2.27. The van der Waals surface area contributed by atoms with Crippen molar-refractivity contribution < 1.29 is 4.79 Å². The van der Waals surface area contributed by atoms with E-state index in [-0.39, 0.29) is 5.78 Å². The number of carbonyl (C=O) groups excluding carboxylic acids is 1. The number of carbonyl (C=O) groups is 1. The SMILES string of the molecule is O=C(CN1CCC(c2ccccc2)C1)c1ccccc1Cl. The fourth-order valence-corrected chi connectivity index (χ4v) is 3.19. The third-order valence-corrected chi connectivity index (χ3v) is 4.41. The van der Waals surface area contributed by atoms with Crippen LogP contribution in [-0.2, 0) is 0 Å². The highest BCUT2D eigenvalue weighted by molar-refractivity contribution is 6.34. The van der Waals surface area contributed by atoms with Crippen molar-refractivity contribution in [1.29, 1.82) is 0 Å². The lowest BCUT2D eigenvalue weighted by atomic mass is 9.99. The van der Waals surface area contributed by atoms with Gasteiger partial charge < -0.3 is 0 Å². The summed E-state index contributed by atoms with van der Waals surface area (Å²) in [5.74, 6) is 0.638.